The lowest BCUT2D eigenvalue weighted by molar-refractivity contribution is -0.156. The smallest absolute Gasteiger partial charge is 0.335 e. The summed E-state index contributed by atoms with van der Waals surface area (Å²) in [5, 5.41) is 9.29. The number of ether oxygens (including phenoxy) is 5. The Balaban J connectivity index is 1.22. The molecule has 290 valence electrons. The molecule has 0 fully saturated rings. The van der Waals surface area contributed by atoms with Crippen molar-refractivity contribution < 1.29 is 38.4 Å². The molecule has 0 radical (unpaired) electrons. The standard InChI is InChI=1S/C48H50O8/c1-6-52-45(47(49)50)33-39-17-25-43(26-18-39)55-31-29-35(4)9-11-37-13-21-41(22-14-37)42-23-15-38(16-24-42)12-10-36(5)30-32-56-44-27-19-40(20-28-44)34-46(53-7-2)48(51)54-8-3/h13-30,45-46H,6-8,31-34H2,1-5H3,(H,49,50)/t45-,46-/m0/s1. The highest BCUT2D eigenvalue weighted by Gasteiger charge is 2.20. The fourth-order valence-corrected chi connectivity index (χ4v) is 5.40. The summed E-state index contributed by atoms with van der Waals surface area (Å²) < 4.78 is 27.7. The van der Waals surface area contributed by atoms with Crippen LogP contribution in [0, 0.1) is 23.7 Å². The number of benzene rings is 4. The van der Waals surface area contributed by atoms with Crippen molar-refractivity contribution in [3.63, 3.8) is 0 Å². The van der Waals surface area contributed by atoms with Crippen molar-refractivity contribution in [3.05, 3.63) is 143 Å². The summed E-state index contributed by atoms with van der Waals surface area (Å²) in [7, 11) is 0. The summed E-state index contributed by atoms with van der Waals surface area (Å²) in [6.07, 6.45) is 3.14. The van der Waals surface area contributed by atoms with E-state index in [1.54, 1.807) is 13.8 Å². The van der Waals surface area contributed by atoms with Gasteiger partial charge >= 0.3 is 11.9 Å². The van der Waals surface area contributed by atoms with Crippen molar-refractivity contribution >= 4 is 11.9 Å². The fraction of sp³-hybridized carbons (Fsp3) is 0.292. The van der Waals surface area contributed by atoms with Crippen LogP contribution in [-0.2, 0) is 36.6 Å². The number of carbonyl (C=O) groups is 2. The van der Waals surface area contributed by atoms with Gasteiger partial charge in [-0.05, 0) is 129 Å². The Morgan fingerprint density at radius 3 is 1.39 bits per heavy atom. The molecule has 0 bridgehead atoms. The third-order valence-corrected chi connectivity index (χ3v) is 8.44. The van der Waals surface area contributed by atoms with Gasteiger partial charge in [0.15, 0.2) is 12.2 Å². The molecule has 0 spiro atoms. The molecule has 8 heteroatoms. The number of rotatable bonds is 18. The lowest BCUT2D eigenvalue weighted by atomic mass is 10.0. The van der Waals surface area contributed by atoms with Crippen molar-refractivity contribution in [2.75, 3.05) is 33.0 Å². The number of hydrogen-bond donors (Lipinski definition) is 1. The Bertz CT molecular complexity index is 2040. The van der Waals surface area contributed by atoms with Crippen molar-refractivity contribution in [3.8, 4) is 46.3 Å². The number of esters is 1. The Hall–Kier alpha value is -6.06. The average Bonchev–Trinajstić information content (AvgIpc) is 3.20. The SMILES string of the molecule is CCOC(=O)[C@H](Cc1ccc(OCC=C(C)C#Cc2ccc(-c3ccc(C#CC(C)=CCOc4ccc(C[C@H](OCC)C(=O)O)cc4)cc3)cc2)cc1)OCC. The number of carbonyl (C=O) groups excluding carboxylic acids is 1. The summed E-state index contributed by atoms with van der Waals surface area (Å²) in [6, 6.07) is 31.3. The second kappa shape index (κ2) is 23.0. The molecule has 0 unspecified atom stereocenters. The van der Waals surface area contributed by atoms with Gasteiger partial charge in [-0.15, -0.1) is 0 Å². The Morgan fingerprint density at radius 2 is 1.00 bits per heavy atom. The normalized spacial score (nSPS) is 12.3. The maximum Gasteiger partial charge on any atom is 0.335 e. The molecule has 0 heterocycles. The Morgan fingerprint density at radius 1 is 0.589 bits per heavy atom. The van der Waals surface area contributed by atoms with E-state index in [1.807, 2.05) is 106 Å². The maximum atomic E-state index is 12.1. The molecular weight excluding hydrogens is 705 g/mol. The second-order valence-corrected chi connectivity index (χ2v) is 12.7. The Labute approximate surface area is 331 Å². The van der Waals surface area contributed by atoms with Crippen LogP contribution in [0.25, 0.3) is 11.1 Å². The summed E-state index contributed by atoms with van der Waals surface area (Å²) in [5.41, 5.74) is 7.66. The number of carboxylic acid groups (broad SMARTS) is 1. The first-order valence-electron chi connectivity index (χ1n) is 18.8. The van der Waals surface area contributed by atoms with Crippen molar-refractivity contribution in [1.29, 1.82) is 0 Å². The third-order valence-electron chi connectivity index (χ3n) is 8.44. The fourth-order valence-electron chi connectivity index (χ4n) is 5.40. The number of aliphatic carboxylic acids is 1. The van der Waals surface area contributed by atoms with E-state index in [9.17, 15) is 14.7 Å². The first kappa shape index (κ1) is 42.7. The molecule has 0 saturated heterocycles. The van der Waals surface area contributed by atoms with Crippen LogP contribution in [0.5, 0.6) is 11.5 Å². The molecule has 0 aliphatic heterocycles. The molecule has 0 aliphatic carbocycles. The third kappa shape index (κ3) is 14.6. The van der Waals surface area contributed by atoms with Crippen LogP contribution in [0.2, 0.25) is 0 Å². The molecule has 4 rings (SSSR count). The summed E-state index contributed by atoms with van der Waals surface area (Å²) >= 11 is 0. The highest BCUT2D eigenvalue weighted by Crippen LogP contribution is 2.21. The van der Waals surface area contributed by atoms with Crippen LogP contribution in [0.3, 0.4) is 0 Å². The minimum absolute atomic E-state index is 0.302. The molecule has 0 saturated carbocycles. The molecule has 4 aromatic rings. The van der Waals surface area contributed by atoms with Crippen LogP contribution in [0.1, 0.15) is 56.9 Å². The number of hydrogen-bond acceptors (Lipinski definition) is 7. The molecule has 8 nitrogen and oxygen atoms in total. The molecule has 0 aliphatic rings. The monoisotopic (exact) mass is 754 g/mol. The van der Waals surface area contributed by atoms with Crippen LogP contribution in [-0.4, -0.2) is 62.3 Å². The topological polar surface area (TPSA) is 101 Å². The molecule has 0 amide bonds. The van der Waals surface area contributed by atoms with Gasteiger partial charge in [-0.2, -0.15) is 0 Å². The van der Waals surface area contributed by atoms with Crippen molar-refractivity contribution in [2.45, 2.75) is 59.7 Å². The van der Waals surface area contributed by atoms with E-state index in [-0.39, 0.29) is 5.97 Å². The molecule has 2 atom stereocenters. The van der Waals surface area contributed by atoms with E-state index in [4.69, 9.17) is 23.7 Å². The summed E-state index contributed by atoms with van der Waals surface area (Å²) in [4.78, 5) is 23.5. The Kier molecular flexibility index (Phi) is 17.5. The van der Waals surface area contributed by atoms with Gasteiger partial charge in [-0.3, -0.25) is 0 Å². The van der Waals surface area contributed by atoms with Gasteiger partial charge in [0.05, 0.1) is 6.61 Å². The largest absolute Gasteiger partial charge is 0.490 e. The maximum absolute atomic E-state index is 12.1. The van der Waals surface area contributed by atoms with Crippen LogP contribution < -0.4 is 9.47 Å². The quantitative estimate of drug-likeness (QED) is 0.0797. The van der Waals surface area contributed by atoms with Gasteiger partial charge in [0.2, 0.25) is 0 Å². The van der Waals surface area contributed by atoms with E-state index in [1.165, 1.54) is 0 Å². The first-order valence-corrected chi connectivity index (χ1v) is 18.8. The molecule has 56 heavy (non-hydrogen) atoms. The van der Waals surface area contributed by atoms with Crippen LogP contribution >= 0.6 is 0 Å². The van der Waals surface area contributed by atoms with Gasteiger partial charge in [0.25, 0.3) is 0 Å². The van der Waals surface area contributed by atoms with E-state index in [0.717, 1.165) is 50.3 Å². The number of allylic oxidation sites excluding steroid dienone is 2. The van der Waals surface area contributed by atoms with Gasteiger partial charge in [-0.25, -0.2) is 9.59 Å². The van der Waals surface area contributed by atoms with E-state index in [0.29, 0.717) is 51.6 Å². The van der Waals surface area contributed by atoms with Crippen LogP contribution in [0.15, 0.2) is 120 Å². The molecule has 0 aromatic heterocycles. The zero-order chi connectivity index (χ0) is 40.1. The van der Waals surface area contributed by atoms with E-state index >= 15 is 0 Å². The average molecular weight is 755 g/mol. The lowest BCUT2D eigenvalue weighted by Gasteiger charge is -2.15. The van der Waals surface area contributed by atoms with E-state index in [2.05, 4.69) is 47.9 Å². The van der Waals surface area contributed by atoms with Crippen molar-refractivity contribution in [2.24, 2.45) is 0 Å². The molecular formula is C48H50O8. The van der Waals surface area contributed by atoms with Crippen molar-refractivity contribution in [1.82, 2.24) is 0 Å². The zero-order valence-electron chi connectivity index (χ0n) is 32.8. The minimum Gasteiger partial charge on any atom is -0.490 e. The lowest BCUT2D eigenvalue weighted by Crippen LogP contribution is -2.28. The summed E-state index contributed by atoms with van der Waals surface area (Å²) in [6.45, 7) is 11.2. The van der Waals surface area contributed by atoms with Gasteiger partial charge in [0, 0.05) is 37.2 Å². The molecule has 4 aromatic carbocycles. The highest BCUT2D eigenvalue weighted by atomic mass is 16.6. The predicted molar refractivity (Wildman–Crippen MR) is 220 cm³/mol. The predicted octanol–water partition coefficient (Wildman–Crippen LogP) is 8.65. The van der Waals surface area contributed by atoms with E-state index < -0.39 is 18.2 Å². The second-order valence-electron chi connectivity index (χ2n) is 12.7. The van der Waals surface area contributed by atoms with Gasteiger partial charge in [0.1, 0.15) is 24.7 Å². The minimum atomic E-state index is -0.967. The van der Waals surface area contributed by atoms with Crippen LogP contribution in [0.4, 0.5) is 0 Å². The highest BCUT2D eigenvalue weighted by molar-refractivity contribution is 5.75. The van der Waals surface area contributed by atoms with Gasteiger partial charge in [-0.1, -0.05) is 72.2 Å². The van der Waals surface area contributed by atoms with Gasteiger partial charge < -0.3 is 28.8 Å². The number of carboxylic acids is 1. The molecule has 1 N–H and O–H groups in total. The first-order chi connectivity index (χ1) is 27.2. The summed E-state index contributed by atoms with van der Waals surface area (Å²) in [5.74, 6) is 12.9. The zero-order valence-corrected chi connectivity index (χ0v) is 32.8.